The Labute approximate surface area is 106 Å². The van der Waals surface area contributed by atoms with Crippen molar-refractivity contribution in [3.63, 3.8) is 0 Å². The predicted octanol–water partition coefficient (Wildman–Crippen LogP) is 1.17. The Balaban J connectivity index is 1.81. The number of hydrogen-bond acceptors (Lipinski definition) is 4. The lowest BCUT2D eigenvalue weighted by atomic mass is 10.0. The number of piperidine rings is 1. The second-order valence-electron chi connectivity index (χ2n) is 4.38. The monoisotopic (exact) mass is 274 g/mol. The molecule has 0 bridgehead atoms. The minimum Gasteiger partial charge on any atom is -0.317 e. The molecule has 2 rings (SSSR count). The summed E-state index contributed by atoms with van der Waals surface area (Å²) in [5, 5.41) is 5.20. The first-order valence-electron chi connectivity index (χ1n) is 5.86. The topological polar surface area (TPSA) is 58.2 Å². The van der Waals surface area contributed by atoms with Crippen LogP contribution in [0.15, 0.2) is 17.5 Å². The Bertz CT molecular complexity index is 422. The van der Waals surface area contributed by atoms with E-state index in [1.807, 2.05) is 17.5 Å². The molecule has 1 aliphatic heterocycles. The van der Waals surface area contributed by atoms with Gasteiger partial charge in [-0.15, -0.1) is 11.3 Å². The van der Waals surface area contributed by atoms with Crippen molar-refractivity contribution in [3.05, 3.63) is 22.4 Å². The molecule has 0 amide bonds. The highest BCUT2D eigenvalue weighted by Crippen LogP contribution is 2.14. The van der Waals surface area contributed by atoms with E-state index in [0.29, 0.717) is 12.5 Å². The summed E-state index contributed by atoms with van der Waals surface area (Å²) in [6.07, 6.45) is 1.92. The van der Waals surface area contributed by atoms with E-state index in [-0.39, 0.29) is 5.75 Å². The molecule has 1 aliphatic rings. The second kappa shape index (κ2) is 5.95. The molecule has 1 saturated heterocycles. The van der Waals surface area contributed by atoms with Crippen LogP contribution in [-0.2, 0) is 16.6 Å². The van der Waals surface area contributed by atoms with Crippen LogP contribution in [0.25, 0.3) is 0 Å². The molecule has 2 N–H and O–H groups in total. The van der Waals surface area contributed by atoms with Crippen LogP contribution in [0, 0.1) is 5.92 Å². The Morgan fingerprint density at radius 1 is 1.41 bits per heavy atom. The summed E-state index contributed by atoms with van der Waals surface area (Å²) in [5.41, 5.74) is 0. The molecule has 0 aromatic carbocycles. The van der Waals surface area contributed by atoms with Crippen LogP contribution < -0.4 is 10.0 Å². The lowest BCUT2D eigenvalue weighted by Crippen LogP contribution is -2.35. The van der Waals surface area contributed by atoms with Gasteiger partial charge in [-0.3, -0.25) is 0 Å². The van der Waals surface area contributed by atoms with Crippen molar-refractivity contribution in [2.24, 2.45) is 5.92 Å². The molecule has 0 radical (unpaired) electrons. The number of thiophene rings is 1. The smallest absolute Gasteiger partial charge is 0.212 e. The van der Waals surface area contributed by atoms with Gasteiger partial charge < -0.3 is 5.32 Å². The van der Waals surface area contributed by atoms with Crippen LogP contribution in [0.5, 0.6) is 0 Å². The zero-order valence-corrected chi connectivity index (χ0v) is 11.3. The predicted molar refractivity (Wildman–Crippen MR) is 70.5 cm³/mol. The van der Waals surface area contributed by atoms with E-state index in [1.165, 1.54) is 0 Å². The largest absolute Gasteiger partial charge is 0.317 e. The molecule has 4 nitrogen and oxygen atoms in total. The summed E-state index contributed by atoms with van der Waals surface area (Å²) in [6, 6.07) is 3.87. The Kier molecular flexibility index (Phi) is 4.55. The standard InChI is InChI=1S/C11H18N2O2S2/c14-17(15,9-10-3-5-12-6-4-10)13-8-11-2-1-7-16-11/h1-2,7,10,12-13H,3-6,8-9H2. The number of sulfonamides is 1. The number of hydrogen-bond donors (Lipinski definition) is 2. The Morgan fingerprint density at radius 2 is 2.18 bits per heavy atom. The highest BCUT2D eigenvalue weighted by Gasteiger charge is 2.20. The minimum atomic E-state index is -3.13. The quantitative estimate of drug-likeness (QED) is 0.847. The maximum Gasteiger partial charge on any atom is 0.212 e. The maximum absolute atomic E-state index is 11.9. The van der Waals surface area contributed by atoms with Crippen molar-refractivity contribution in [1.29, 1.82) is 0 Å². The highest BCUT2D eigenvalue weighted by molar-refractivity contribution is 7.89. The summed E-state index contributed by atoms with van der Waals surface area (Å²) in [6.45, 7) is 2.29. The molecule has 1 aromatic rings. The SMILES string of the molecule is O=S(=O)(CC1CCNCC1)NCc1cccs1. The molecular weight excluding hydrogens is 256 g/mol. The van der Waals surface area contributed by atoms with Crippen LogP contribution >= 0.6 is 11.3 Å². The van der Waals surface area contributed by atoms with Gasteiger partial charge >= 0.3 is 0 Å². The lowest BCUT2D eigenvalue weighted by molar-refractivity contribution is 0.400. The van der Waals surface area contributed by atoms with Gasteiger partial charge in [-0.05, 0) is 43.3 Å². The minimum absolute atomic E-state index is 0.264. The molecule has 0 atom stereocenters. The average Bonchev–Trinajstić information content (AvgIpc) is 2.80. The van der Waals surface area contributed by atoms with Crippen molar-refractivity contribution in [2.75, 3.05) is 18.8 Å². The summed E-state index contributed by atoms with van der Waals surface area (Å²) in [5.74, 6) is 0.567. The van der Waals surface area contributed by atoms with Crippen molar-refractivity contribution in [1.82, 2.24) is 10.0 Å². The van der Waals surface area contributed by atoms with Crippen molar-refractivity contribution >= 4 is 21.4 Å². The third-order valence-corrected chi connectivity index (χ3v) is 5.33. The van der Waals surface area contributed by atoms with Gasteiger partial charge in [-0.1, -0.05) is 6.07 Å². The van der Waals surface area contributed by atoms with E-state index in [0.717, 1.165) is 30.8 Å². The van der Waals surface area contributed by atoms with Crippen LogP contribution in [0.1, 0.15) is 17.7 Å². The zero-order chi connectivity index (χ0) is 12.1. The van der Waals surface area contributed by atoms with Crippen LogP contribution in [-0.4, -0.2) is 27.3 Å². The maximum atomic E-state index is 11.9. The summed E-state index contributed by atoms with van der Waals surface area (Å²) >= 11 is 1.57. The van der Waals surface area contributed by atoms with E-state index < -0.39 is 10.0 Å². The van der Waals surface area contributed by atoms with Gasteiger partial charge in [0.05, 0.1) is 5.75 Å². The van der Waals surface area contributed by atoms with Crippen molar-refractivity contribution in [2.45, 2.75) is 19.4 Å². The molecule has 0 unspecified atom stereocenters. The van der Waals surface area contributed by atoms with E-state index in [4.69, 9.17) is 0 Å². The van der Waals surface area contributed by atoms with Crippen LogP contribution in [0.3, 0.4) is 0 Å². The van der Waals surface area contributed by atoms with Gasteiger partial charge in [-0.25, -0.2) is 13.1 Å². The van der Waals surface area contributed by atoms with E-state index in [1.54, 1.807) is 11.3 Å². The molecular formula is C11H18N2O2S2. The Morgan fingerprint density at radius 3 is 2.82 bits per heavy atom. The third-order valence-electron chi connectivity index (χ3n) is 2.96. The number of rotatable bonds is 5. The lowest BCUT2D eigenvalue weighted by Gasteiger charge is -2.22. The number of nitrogens with one attached hydrogen (secondary N) is 2. The normalized spacial score (nSPS) is 18.4. The molecule has 17 heavy (non-hydrogen) atoms. The van der Waals surface area contributed by atoms with E-state index in [2.05, 4.69) is 10.0 Å². The fourth-order valence-corrected chi connectivity index (χ4v) is 4.19. The first kappa shape index (κ1) is 13.0. The first-order chi connectivity index (χ1) is 8.16. The fourth-order valence-electron chi connectivity index (χ4n) is 2.01. The molecule has 1 fully saturated rings. The molecule has 0 spiro atoms. The summed E-state index contributed by atoms with van der Waals surface area (Å²) in [7, 11) is -3.13. The summed E-state index contributed by atoms with van der Waals surface area (Å²) < 4.78 is 26.4. The van der Waals surface area contributed by atoms with Gasteiger partial charge in [0.15, 0.2) is 0 Å². The average molecular weight is 274 g/mol. The molecule has 6 heteroatoms. The molecule has 96 valence electrons. The molecule has 1 aromatic heterocycles. The molecule has 2 heterocycles. The molecule has 0 saturated carbocycles. The first-order valence-corrected chi connectivity index (χ1v) is 8.39. The van der Waals surface area contributed by atoms with Crippen LogP contribution in [0.2, 0.25) is 0 Å². The van der Waals surface area contributed by atoms with E-state index >= 15 is 0 Å². The Hall–Kier alpha value is -0.430. The third kappa shape index (κ3) is 4.39. The van der Waals surface area contributed by atoms with Crippen molar-refractivity contribution < 1.29 is 8.42 Å². The van der Waals surface area contributed by atoms with Gasteiger partial charge in [0.25, 0.3) is 0 Å². The summed E-state index contributed by atoms with van der Waals surface area (Å²) in [4.78, 5) is 1.05. The van der Waals surface area contributed by atoms with Gasteiger partial charge in [-0.2, -0.15) is 0 Å². The van der Waals surface area contributed by atoms with Gasteiger partial charge in [0.1, 0.15) is 0 Å². The van der Waals surface area contributed by atoms with Crippen LogP contribution in [0.4, 0.5) is 0 Å². The van der Waals surface area contributed by atoms with Crippen molar-refractivity contribution in [3.8, 4) is 0 Å². The van der Waals surface area contributed by atoms with Gasteiger partial charge in [0, 0.05) is 11.4 Å². The van der Waals surface area contributed by atoms with E-state index in [9.17, 15) is 8.42 Å². The highest BCUT2D eigenvalue weighted by atomic mass is 32.2. The fraction of sp³-hybridized carbons (Fsp3) is 0.636. The molecule has 0 aliphatic carbocycles. The van der Waals surface area contributed by atoms with Gasteiger partial charge in [0.2, 0.25) is 10.0 Å². The second-order valence-corrected chi connectivity index (χ2v) is 7.26. The zero-order valence-electron chi connectivity index (χ0n) is 9.69.